The number of hydrogen-bond acceptors (Lipinski definition) is 5. The predicted octanol–water partition coefficient (Wildman–Crippen LogP) is 4.89. The van der Waals surface area contributed by atoms with Gasteiger partial charge in [-0.2, -0.15) is 5.10 Å². The normalized spacial score (nSPS) is 11.1. The predicted molar refractivity (Wildman–Crippen MR) is 118 cm³/mol. The molecular weight excluding hydrogens is 476 g/mol. The first-order valence-corrected chi connectivity index (χ1v) is 9.81. The van der Waals surface area contributed by atoms with Crippen LogP contribution in [0, 0.1) is 24.0 Å². The van der Waals surface area contributed by atoms with Crippen molar-refractivity contribution in [1.29, 1.82) is 0 Å². The summed E-state index contributed by atoms with van der Waals surface area (Å²) in [5.74, 6) is -1.02. The van der Waals surface area contributed by atoms with Crippen LogP contribution < -0.4 is 5.43 Å². The third-order valence-electron chi connectivity index (χ3n) is 4.37. The molecule has 0 saturated heterocycles. The maximum Gasteiger partial charge on any atom is 0.312 e. The van der Waals surface area contributed by atoms with Gasteiger partial charge in [0, 0.05) is 28.7 Å². The molecule has 0 aliphatic rings. The minimum absolute atomic E-state index is 0.138. The van der Waals surface area contributed by atoms with Gasteiger partial charge in [0.15, 0.2) is 0 Å². The van der Waals surface area contributed by atoms with Gasteiger partial charge >= 0.3 is 5.69 Å². The molecule has 30 heavy (non-hydrogen) atoms. The molecule has 0 aliphatic heterocycles. The zero-order valence-corrected chi connectivity index (χ0v) is 18.2. The Hall–Kier alpha value is -3.17. The molecule has 2 aromatic carbocycles. The molecule has 3 rings (SSSR count). The second kappa shape index (κ2) is 8.68. The van der Waals surface area contributed by atoms with Crippen LogP contribution in [0.3, 0.4) is 0 Å². The first-order chi connectivity index (χ1) is 14.2. The lowest BCUT2D eigenvalue weighted by Gasteiger charge is -2.11. The number of hydrazone groups is 1. The Labute approximate surface area is 185 Å². The van der Waals surface area contributed by atoms with E-state index in [0.29, 0.717) is 5.56 Å². The zero-order valence-electron chi connectivity index (χ0n) is 15.9. The first kappa shape index (κ1) is 21.5. The van der Waals surface area contributed by atoms with E-state index in [2.05, 4.69) is 26.5 Å². The number of nitrogens with zero attached hydrogens (tertiary/aromatic N) is 3. The molecule has 0 spiro atoms. The largest absolute Gasteiger partial charge is 0.501 e. The van der Waals surface area contributed by atoms with E-state index in [1.807, 2.05) is 30.5 Å². The fourth-order valence-corrected chi connectivity index (χ4v) is 3.68. The minimum atomic E-state index is -0.717. The van der Waals surface area contributed by atoms with Crippen LogP contribution in [0.5, 0.6) is 5.75 Å². The standard InChI is InChI=1S/C20H16BrClN4O4/c1-11-3-4-12(2)25(11)14-5-6-15(17(22)9-14)20(28)24-23-10-13-7-16(21)19(27)18(8-13)26(29)30/h3-10,27H,1-2H3,(H,24,28)/b23-10-. The second-order valence-electron chi connectivity index (χ2n) is 6.44. The number of phenols is 1. The number of nitro benzene ring substituents is 1. The fraction of sp³-hybridized carbons (Fsp3) is 0.100. The van der Waals surface area contributed by atoms with Crippen LogP contribution in [-0.4, -0.2) is 26.7 Å². The van der Waals surface area contributed by atoms with Crippen molar-refractivity contribution in [3.05, 3.63) is 84.6 Å². The fourth-order valence-electron chi connectivity index (χ4n) is 2.95. The zero-order chi connectivity index (χ0) is 22.0. The molecule has 3 aromatic rings. The number of nitrogens with one attached hydrogen (secondary N) is 1. The van der Waals surface area contributed by atoms with Gasteiger partial charge in [0.25, 0.3) is 5.91 Å². The smallest absolute Gasteiger partial charge is 0.312 e. The van der Waals surface area contributed by atoms with Crippen LogP contribution in [0.15, 0.2) is 52.0 Å². The van der Waals surface area contributed by atoms with Gasteiger partial charge in [-0.05, 0) is 66.2 Å². The van der Waals surface area contributed by atoms with Gasteiger partial charge in [-0.25, -0.2) is 5.43 Å². The number of benzene rings is 2. The van der Waals surface area contributed by atoms with E-state index in [-0.39, 0.29) is 15.1 Å². The van der Waals surface area contributed by atoms with Crippen molar-refractivity contribution < 1.29 is 14.8 Å². The van der Waals surface area contributed by atoms with Gasteiger partial charge in [0.05, 0.1) is 26.2 Å². The molecule has 154 valence electrons. The molecule has 0 atom stereocenters. The van der Waals surface area contributed by atoms with Crippen molar-refractivity contribution in [3.8, 4) is 11.4 Å². The highest BCUT2D eigenvalue weighted by atomic mass is 79.9. The highest BCUT2D eigenvalue weighted by Gasteiger charge is 2.17. The lowest BCUT2D eigenvalue weighted by Crippen LogP contribution is -2.18. The molecule has 1 aromatic heterocycles. The number of rotatable bonds is 5. The number of aromatic hydroxyl groups is 1. The van der Waals surface area contributed by atoms with Crippen LogP contribution in [-0.2, 0) is 0 Å². The topological polar surface area (TPSA) is 110 Å². The summed E-state index contributed by atoms with van der Waals surface area (Å²) in [7, 11) is 0. The Morgan fingerprint density at radius 2 is 1.90 bits per heavy atom. The quantitative estimate of drug-likeness (QED) is 0.301. The van der Waals surface area contributed by atoms with Crippen molar-refractivity contribution in [2.24, 2.45) is 5.10 Å². The Kier molecular flexibility index (Phi) is 6.23. The summed E-state index contributed by atoms with van der Waals surface area (Å²) in [6, 6.07) is 11.6. The molecule has 0 bridgehead atoms. The maximum atomic E-state index is 12.4. The highest BCUT2D eigenvalue weighted by Crippen LogP contribution is 2.34. The van der Waals surface area contributed by atoms with Crippen molar-refractivity contribution in [2.45, 2.75) is 13.8 Å². The minimum Gasteiger partial charge on any atom is -0.501 e. The van der Waals surface area contributed by atoms with Gasteiger partial charge in [-0.3, -0.25) is 14.9 Å². The number of hydrogen-bond donors (Lipinski definition) is 2. The van der Waals surface area contributed by atoms with E-state index in [1.54, 1.807) is 18.2 Å². The summed E-state index contributed by atoms with van der Waals surface area (Å²) in [5.41, 5.74) is 5.32. The molecule has 0 aliphatic carbocycles. The number of phenolic OH excluding ortho intramolecular Hbond substituents is 1. The third-order valence-corrected chi connectivity index (χ3v) is 5.29. The molecule has 8 nitrogen and oxygen atoms in total. The molecule has 0 unspecified atom stereocenters. The monoisotopic (exact) mass is 490 g/mol. The Balaban J connectivity index is 1.78. The molecule has 1 heterocycles. The average molecular weight is 492 g/mol. The summed E-state index contributed by atoms with van der Waals surface area (Å²) < 4.78 is 2.15. The molecule has 10 heteroatoms. The Bertz CT molecular complexity index is 1170. The second-order valence-corrected chi connectivity index (χ2v) is 7.70. The summed E-state index contributed by atoms with van der Waals surface area (Å²) in [6.45, 7) is 3.95. The van der Waals surface area contributed by atoms with Crippen LogP contribution >= 0.6 is 27.5 Å². The van der Waals surface area contributed by atoms with Gasteiger partial charge in [-0.15, -0.1) is 0 Å². The summed E-state index contributed by atoms with van der Waals surface area (Å²) in [4.78, 5) is 22.7. The number of aromatic nitrogens is 1. The van der Waals surface area contributed by atoms with E-state index in [0.717, 1.165) is 23.1 Å². The Morgan fingerprint density at radius 3 is 2.50 bits per heavy atom. The van der Waals surface area contributed by atoms with E-state index < -0.39 is 22.3 Å². The van der Waals surface area contributed by atoms with Gasteiger partial charge < -0.3 is 9.67 Å². The van der Waals surface area contributed by atoms with E-state index in [4.69, 9.17) is 11.6 Å². The summed E-state index contributed by atoms with van der Waals surface area (Å²) in [5, 5.41) is 24.7. The number of halogens is 2. The number of aryl methyl sites for hydroxylation is 2. The van der Waals surface area contributed by atoms with E-state index in [9.17, 15) is 20.0 Å². The van der Waals surface area contributed by atoms with Gasteiger partial charge in [0.2, 0.25) is 5.75 Å². The Morgan fingerprint density at radius 1 is 1.23 bits per heavy atom. The molecular formula is C20H16BrClN4O4. The SMILES string of the molecule is Cc1ccc(C)n1-c1ccc(C(=O)N/N=C\c2cc(Br)c(O)c([N+](=O)[O-])c2)c(Cl)c1. The third kappa shape index (κ3) is 4.37. The van der Waals surface area contributed by atoms with Crippen molar-refractivity contribution in [1.82, 2.24) is 9.99 Å². The van der Waals surface area contributed by atoms with Crippen LogP contribution in [0.4, 0.5) is 5.69 Å². The van der Waals surface area contributed by atoms with Crippen LogP contribution in [0.2, 0.25) is 5.02 Å². The molecule has 2 N–H and O–H groups in total. The lowest BCUT2D eigenvalue weighted by molar-refractivity contribution is -0.386. The van der Waals surface area contributed by atoms with Crippen LogP contribution in [0.25, 0.3) is 5.69 Å². The number of carbonyl (C=O) groups excluding carboxylic acids is 1. The van der Waals surface area contributed by atoms with E-state index in [1.165, 1.54) is 12.3 Å². The molecule has 0 radical (unpaired) electrons. The van der Waals surface area contributed by atoms with Crippen molar-refractivity contribution >= 4 is 45.3 Å². The highest BCUT2D eigenvalue weighted by molar-refractivity contribution is 9.10. The summed E-state index contributed by atoms with van der Waals surface area (Å²) in [6.07, 6.45) is 1.23. The van der Waals surface area contributed by atoms with Gasteiger partial charge in [-0.1, -0.05) is 11.6 Å². The average Bonchev–Trinajstić information content (AvgIpc) is 3.02. The van der Waals surface area contributed by atoms with Crippen LogP contribution in [0.1, 0.15) is 27.3 Å². The van der Waals surface area contributed by atoms with Crippen molar-refractivity contribution in [2.75, 3.05) is 0 Å². The number of nitro groups is 1. The first-order valence-electron chi connectivity index (χ1n) is 8.64. The molecule has 1 amide bonds. The maximum absolute atomic E-state index is 12.4. The lowest BCUT2D eigenvalue weighted by atomic mass is 10.2. The molecule has 0 fully saturated rings. The van der Waals surface area contributed by atoms with Gasteiger partial charge in [0.1, 0.15) is 0 Å². The van der Waals surface area contributed by atoms with E-state index >= 15 is 0 Å². The molecule has 0 saturated carbocycles. The van der Waals surface area contributed by atoms with Crippen molar-refractivity contribution in [3.63, 3.8) is 0 Å². The summed E-state index contributed by atoms with van der Waals surface area (Å²) >= 11 is 9.34. The number of carbonyl (C=O) groups is 1. The number of amides is 1.